The number of carboxylic acid groups (broad SMARTS) is 1. The Morgan fingerprint density at radius 3 is 2.82 bits per heavy atom. The molecule has 2 aliphatic rings. The molecule has 0 aromatic rings. The van der Waals surface area contributed by atoms with Crippen LogP contribution in [0.4, 0.5) is 0 Å². The van der Waals surface area contributed by atoms with E-state index < -0.39 is 12.0 Å². The van der Waals surface area contributed by atoms with E-state index in [1.165, 1.54) is 0 Å². The third-order valence-corrected chi connectivity index (χ3v) is 4.45. The summed E-state index contributed by atoms with van der Waals surface area (Å²) in [5, 5.41) is 11.6. The van der Waals surface area contributed by atoms with E-state index in [1.807, 2.05) is 11.8 Å². The molecule has 2 fully saturated rings. The Balaban J connectivity index is 2.05. The molecule has 0 spiro atoms. The molecule has 0 aromatic heterocycles. The molecule has 0 bridgehead atoms. The molecule has 1 unspecified atom stereocenters. The quantitative estimate of drug-likeness (QED) is 0.754. The van der Waals surface area contributed by atoms with Gasteiger partial charge in [-0.3, -0.25) is 14.5 Å². The second-order valence-electron chi connectivity index (χ2n) is 4.49. The fraction of sp³-hybridized carbons (Fsp3) is 0.818. The zero-order valence-corrected chi connectivity index (χ0v) is 10.5. The number of amides is 1. The van der Waals surface area contributed by atoms with Crippen molar-refractivity contribution in [2.45, 2.75) is 31.3 Å². The third-order valence-electron chi connectivity index (χ3n) is 3.40. The largest absolute Gasteiger partial charge is 0.481 e. The molecule has 0 aliphatic carbocycles. The molecule has 1 atom stereocenters. The zero-order chi connectivity index (χ0) is 12.3. The van der Waals surface area contributed by atoms with E-state index in [-0.39, 0.29) is 12.3 Å². The molecule has 2 heterocycles. The van der Waals surface area contributed by atoms with Gasteiger partial charge in [-0.25, -0.2) is 0 Å². The first kappa shape index (κ1) is 12.7. The average molecular weight is 258 g/mol. The maximum absolute atomic E-state index is 11.8. The summed E-state index contributed by atoms with van der Waals surface area (Å²) in [6.07, 6.45) is 2.04. The van der Waals surface area contributed by atoms with Crippen molar-refractivity contribution in [3.63, 3.8) is 0 Å². The van der Waals surface area contributed by atoms with Crippen molar-refractivity contribution in [1.82, 2.24) is 10.2 Å². The van der Waals surface area contributed by atoms with E-state index in [1.54, 1.807) is 0 Å². The second kappa shape index (κ2) is 5.73. The highest BCUT2D eigenvalue weighted by molar-refractivity contribution is 7.99. The molecule has 96 valence electrons. The van der Waals surface area contributed by atoms with Gasteiger partial charge in [0.2, 0.25) is 5.91 Å². The lowest BCUT2D eigenvalue weighted by Crippen LogP contribution is -2.59. The minimum Gasteiger partial charge on any atom is -0.481 e. The number of nitrogens with one attached hydrogen (secondary N) is 1. The first-order valence-electron chi connectivity index (χ1n) is 6.01. The first-order chi connectivity index (χ1) is 8.18. The van der Waals surface area contributed by atoms with Gasteiger partial charge in [0.25, 0.3) is 0 Å². The number of thioether (sulfide) groups is 1. The van der Waals surface area contributed by atoms with Gasteiger partial charge in [0.05, 0.1) is 12.5 Å². The summed E-state index contributed by atoms with van der Waals surface area (Å²) in [6, 6.07) is -0.0963. The van der Waals surface area contributed by atoms with Crippen LogP contribution < -0.4 is 5.32 Å². The van der Waals surface area contributed by atoms with Gasteiger partial charge in [-0.15, -0.1) is 0 Å². The summed E-state index contributed by atoms with van der Waals surface area (Å²) in [4.78, 5) is 24.7. The predicted octanol–water partition coefficient (Wildman–Crippen LogP) is 0.157. The van der Waals surface area contributed by atoms with Crippen LogP contribution in [0.5, 0.6) is 0 Å². The van der Waals surface area contributed by atoms with E-state index in [0.717, 1.165) is 30.9 Å². The third kappa shape index (κ3) is 3.13. The van der Waals surface area contributed by atoms with Crippen molar-refractivity contribution in [3.8, 4) is 0 Å². The van der Waals surface area contributed by atoms with Crippen LogP contribution in [0.15, 0.2) is 0 Å². The number of hydrogen-bond donors (Lipinski definition) is 2. The minimum absolute atomic E-state index is 0.0878. The van der Waals surface area contributed by atoms with Crippen LogP contribution in [0.25, 0.3) is 0 Å². The van der Waals surface area contributed by atoms with Crippen LogP contribution >= 0.6 is 11.8 Å². The van der Waals surface area contributed by atoms with E-state index >= 15 is 0 Å². The number of carboxylic acids is 1. The lowest BCUT2D eigenvalue weighted by Gasteiger charge is -2.41. The summed E-state index contributed by atoms with van der Waals surface area (Å²) in [5.41, 5.74) is 0. The van der Waals surface area contributed by atoms with E-state index in [4.69, 9.17) is 5.11 Å². The van der Waals surface area contributed by atoms with Gasteiger partial charge in [-0.2, -0.15) is 11.8 Å². The topological polar surface area (TPSA) is 69.6 Å². The Hall–Kier alpha value is -0.750. The molecule has 17 heavy (non-hydrogen) atoms. The number of aliphatic carboxylic acids is 1. The molecule has 5 nitrogen and oxygen atoms in total. The molecule has 2 aliphatic heterocycles. The van der Waals surface area contributed by atoms with Gasteiger partial charge >= 0.3 is 5.97 Å². The predicted molar refractivity (Wildman–Crippen MR) is 66.1 cm³/mol. The van der Waals surface area contributed by atoms with E-state index in [0.29, 0.717) is 12.6 Å². The Morgan fingerprint density at radius 1 is 1.47 bits per heavy atom. The van der Waals surface area contributed by atoms with Gasteiger partial charge < -0.3 is 10.4 Å². The van der Waals surface area contributed by atoms with E-state index in [2.05, 4.69) is 10.2 Å². The highest BCUT2D eigenvalue weighted by atomic mass is 32.2. The van der Waals surface area contributed by atoms with Crippen LogP contribution in [0.3, 0.4) is 0 Å². The maximum Gasteiger partial charge on any atom is 0.305 e. The van der Waals surface area contributed by atoms with Gasteiger partial charge in [0.1, 0.15) is 0 Å². The molecule has 2 rings (SSSR count). The Bertz CT molecular complexity index is 305. The summed E-state index contributed by atoms with van der Waals surface area (Å²) in [5.74, 6) is 1.20. The summed E-state index contributed by atoms with van der Waals surface area (Å²) in [6.45, 7) is 1.41. The lowest BCUT2D eigenvalue weighted by atomic mass is 10.0. The smallest absolute Gasteiger partial charge is 0.305 e. The number of rotatable bonds is 3. The average Bonchev–Trinajstić information content (AvgIpc) is 2.32. The van der Waals surface area contributed by atoms with Gasteiger partial charge in [-0.05, 0) is 24.3 Å². The number of nitrogens with zero attached hydrogens (tertiary/aromatic N) is 1. The molecule has 0 aromatic carbocycles. The van der Waals surface area contributed by atoms with Crippen molar-refractivity contribution in [2.75, 3.05) is 24.6 Å². The monoisotopic (exact) mass is 258 g/mol. The first-order valence-corrected chi connectivity index (χ1v) is 7.17. The number of carbonyl (C=O) groups is 2. The molecule has 0 radical (unpaired) electrons. The molecular formula is C11H18N2O3S. The molecule has 0 saturated carbocycles. The lowest BCUT2D eigenvalue weighted by molar-refractivity contribution is -0.144. The highest BCUT2D eigenvalue weighted by Crippen LogP contribution is 2.25. The SMILES string of the molecule is O=C(O)CC1C(=O)NCCN1C1CCSCC1. The number of piperazine rings is 1. The fourth-order valence-corrected chi connectivity index (χ4v) is 3.64. The Kier molecular flexibility index (Phi) is 4.28. The standard InChI is InChI=1S/C11H18N2O3S/c14-10(15)7-9-11(16)12-3-4-13(9)8-1-5-17-6-2-8/h8-9H,1-7H2,(H,12,16)(H,14,15). The van der Waals surface area contributed by atoms with Crippen molar-refractivity contribution in [3.05, 3.63) is 0 Å². The molecule has 2 saturated heterocycles. The summed E-state index contributed by atoms with van der Waals surface area (Å²) in [7, 11) is 0. The maximum atomic E-state index is 11.8. The number of hydrogen-bond acceptors (Lipinski definition) is 4. The Labute approximate surface area is 105 Å². The second-order valence-corrected chi connectivity index (χ2v) is 5.71. The molecular weight excluding hydrogens is 240 g/mol. The molecule has 1 amide bonds. The van der Waals surface area contributed by atoms with Crippen molar-refractivity contribution in [1.29, 1.82) is 0 Å². The minimum atomic E-state index is -0.901. The summed E-state index contributed by atoms with van der Waals surface area (Å²) < 4.78 is 0. The van der Waals surface area contributed by atoms with Crippen molar-refractivity contribution in [2.24, 2.45) is 0 Å². The van der Waals surface area contributed by atoms with Crippen LogP contribution in [-0.4, -0.2) is 58.6 Å². The molecule has 2 N–H and O–H groups in total. The van der Waals surface area contributed by atoms with Gasteiger partial charge in [-0.1, -0.05) is 0 Å². The normalized spacial score (nSPS) is 27.8. The highest BCUT2D eigenvalue weighted by Gasteiger charge is 2.36. The molecule has 6 heteroatoms. The van der Waals surface area contributed by atoms with E-state index in [9.17, 15) is 9.59 Å². The van der Waals surface area contributed by atoms with Gasteiger partial charge in [0, 0.05) is 19.1 Å². The van der Waals surface area contributed by atoms with Crippen LogP contribution in [0.1, 0.15) is 19.3 Å². The summed E-state index contributed by atoms with van der Waals surface area (Å²) >= 11 is 1.94. The zero-order valence-electron chi connectivity index (χ0n) is 9.72. The van der Waals surface area contributed by atoms with Crippen LogP contribution in [0, 0.1) is 0 Å². The van der Waals surface area contributed by atoms with Crippen molar-refractivity contribution >= 4 is 23.6 Å². The Morgan fingerprint density at radius 2 is 2.18 bits per heavy atom. The van der Waals surface area contributed by atoms with Crippen LogP contribution in [-0.2, 0) is 9.59 Å². The van der Waals surface area contributed by atoms with Gasteiger partial charge in [0.15, 0.2) is 0 Å². The number of carbonyl (C=O) groups excluding carboxylic acids is 1. The van der Waals surface area contributed by atoms with Crippen molar-refractivity contribution < 1.29 is 14.7 Å². The van der Waals surface area contributed by atoms with Crippen LogP contribution in [0.2, 0.25) is 0 Å². The fourth-order valence-electron chi connectivity index (χ4n) is 2.56.